The Hall–Kier alpha value is -3.88. The largest absolute Gasteiger partial charge is 0.496 e. The van der Waals surface area contributed by atoms with E-state index < -0.39 is 5.97 Å². The normalized spacial score (nSPS) is 14.7. The number of amides is 1. The van der Waals surface area contributed by atoms with Gasteiger partial charge in [-0.25, -0.2) is 4.79 Å². The third-order valence-electron chi connectivity index (χ3n) is 6.09. The number of carbonyl (C=O) groups excluding carboxylic acids is 1. The minimum absolute atomic E-state index is 0.127. The molecule has 4 aromatic rings. The van der Waals surface area contributed by atoms with Crippen molar-refractivity contribution < 1.29 is 19.4 Å². The molecule has 1 aliphatic heterocycles. The van der Waals surface area contributed by atoms with Crippen LogP contribution in [0.15, 0.2) is 77.8 Å². The number of carboxylic acids is 1. The number of aromatic nitrogens is 1. The molecule has 0 bridgehead atoms. The van der Waals surface area contributed by atoms with Crippen molar-refractivity contribution >= 4 is 57.2 Å². The van der Waals surface area contributed by atoms with E-state index in [4.69, 9.17) is 22.1 Å². The first-order valence-corrected chi connectivity index (χ1v) is 12.5. The second kappa shape index (κ2) is 10.0. The van der Waals surface area contributed by atoms with E-state index in [0.717, 1.165) is 38.9 Å². The number of thiocarbonyl (C=S) groups is 1. The van der Waals surface area contributed by atoms with Gasteiger partial charge in [0.25, 0.3) is 5.91 Å². The van der Waals surface area contributed by atoms with Gasteiger partial charge in [0, 0.05) is 23.8 Å². The highest BCUT2D eigenvalue weighted by molar-refractivity contribution is 8.26. The highest BCUT2D eigenvalue weighted by Gasteiger charge is 2.31. The Morgan fingerprint density at radius 3 is 2.67 bits per heavy atom. The quantitative estimate of drug-likeness (QED) is 0.233. The fourth-order valence-corrected chi connectivity index (χ4v) is 5.46. The van der Waals surface area contributed by atoms with E-state index >= 15 is 0 Å². The zero-order chi connectivity index (χ0) is 25.2. The lowest BCUT2D eigenvalue weighted by Crippen LogP contribution is -2.30. The maximum absolute atomic E-state index is 13.1. The number of benzene rings is 3. The lowest BCUT2D eigenvalue weighted by atomic mass is 10.0. The molecule has 0 spiro atoms. The van der Waals surface area contributed by atoms with Gasteiger partial charge in [0.1, 0.15) is 10.1 Å². The molecule has 180 valence electrons. The summed E-state index contributed by atoms with van der Waals surface area (Å²) in [5.41, 5.74) is 5.04. The maximum Gasteiger partial charge on any atom is 0.335 e. The van der Waals surface area contributed by atoms with Crippen LogP contribution in [0.3, 0.4) is 0 Å². The Labute approximate surface area is 217 Å². The van der Waals surface area contributed by atoms with Gasteiger partial charge in [-0.2, -0.15) is 0 Å². The summed E-state index contributed by atoms with van der Waals surface area (Å²) in [5.74, 6) is -0.341. The molecule has 8 heteroatoms. The number of fused-ring (bicyclic) bond motifs is 1. The van der Waals surface area contributed by atoms with Gasteiger partial charge in [0.2, 0.25) is 0 Å². The fraction of sp³-hybridized carbons (Fsp3) is 0.107. The molecule has 0 saturated carbocycles. The van der Waals surface area contributed by atoms with Crippen LogP contribution in [0.1, 0.15) is 21.5 Å². The molecule has 3 aromatic carbocycles. The van der Waals surface area contributed by atoms with E-state index in [1.54, 1.807) is 36.3 Å². The average Bonchev–Trinajstić information content (AvgIpc) is 3.46. The van der Waals surface area contributed by atoms with Gasteiger partial charge >= 0.3 is 5.97 Å². The van der Waals surface area contributed by atoms with Crippen molar-refractivity contribution in [2.45, 2.75) is 6.42 Å². The standard InChI is InChI=1S/C28H22N2O4S2/c1-34-24-9-4-18(14-22(24)21-8-7-19-10-12-29-23(19)16-21)15-25-26(31)30(28(35)36-25)13-11-17-2-5-20(6-3-17)27(32)33/h2-10,12,14-16,29H,11,13H2,1H3,(H,32,33)/b25-15-. The van der Waals surface area contributed by atoms with E-state index in [9.17, 15) is 9.59 Å². The highest BCUT2D eigenvalue weighted by atomic mass is 32.2. The van der Waals surface area contributed by atoms with E-state index in [0.29, 0.717) is 22.2 Å². The topological polar surface area (TPSA) is 82.6 Å². The molecule has 36 heavy (non-hydrogen) atoms. The number of carboxylic acid groups (broad SMARTS) is 1. The summed E-state index contributed by atoms with van der Waals surface area (Å²) in [6.07, 6.45) is 4.35. The molecule has 1 saturated heterocycles. The van der Waals surface area contributed by atoms with E-state index in [2.05, 4.69) is 23.2 Å². The number of carbonyl (C=O) groups is 2. The molecule has 1 aliphatic rings. The number of aromatic amines is 1. The van der Waals surface area contributed by atoms with Crippen LogP contribution >= 0.6 is 24.0 Å². The van der Waals surface area contributed by atoms with Crippen LogP contribution in [-0.2, 0) is 11.2 Å². The van der Waals surface area contributed by atoms with Gasteiger partial charge < -0.3 is 14.8 Å². The number of hydrogen-bond donors (Lipinski definition) is 2. The number of thioether (sulfide) groups is 1. The molecule has 2 heterocycles. The first kappa shape index (κ1) is 23.8. The molecule has 0 radical (unpaired) electrons. The van der Waals surface area contributed by atoms with Crippen LogP contribution in [-0.4, -0.2) is 44.8 Å². The summed E-state index contributed by atoms with van der Waals surface area (Å²) >= 11 is 6.77. The summed E-state index contributed by atoms with van der Waals surface area (Å²) in [6, 6.07) is 20.7. The van der Waals surface area contributed by atoms with Gasteiger partial charge in [-0.15, -0.1) is 0 Å². The number of H-pyrrole nitrogens is 1. The predicted octanol–water partition coefficient (Wildman–Crippen LogP) is 5.99. The van der Waals surface area contributed by atoms with Crippen molar-refractivity contribution in [3.8, 4) is 16.9 Å². The molecule has 1 amide bonds. The minimum Gasteiger partial charge on any atom is -0.496 e. The Morgan fingerprint density at radius 1 is 1.11 bits per heavy atom. The molecule has 5 rings (SSSR count). The summed E-state index contributed by atoms with van der Waals surface area (Å²) in [6.45, 7) is 0.429. The smallest absolute Gasteiger partial charge is 0.335 e. The lowest BCUT2D eigenvalue weighted by molar-refractivity contribution is -0.122. The SMILES string of the molecule is COc1ccc(/C=C2\SC(=S)N(CCc3ccc(C(=O)O)cc3)C2=O)cc1-c1ccc2cc[nH]c2c1. The van der Waals surface area contributed by atoms with Crippen molar-refractivity contribution in [1.82, 2.24) is 9.88 Å². The Morgan fingerprint density at radius 2 is 1.92 bits per heavy atom. The monoisotopic (exact) mass is 514 g/mol. The molecule has 0 atom stereocenters. The number of nitrogens with zero attached hydrogens (tertiary/aromatic N) is 1. The lowest BCUT2D eigenvalue weighted by Gasteiger charge is -2.14. The van der Waals surface area contributed by atoms with Crippen molar-refractivity contribution in [3.05, 3.63) is 94.5 Å². The van der Waals surface area contributed by atoms with Crippen LogP contribution in [0.4, 0.5) is 0 Å². The second-order valence-electron chi connectivity index (χ2n) is 8.32. The third kappa shape index (κ3) is 4.78. The number of aromatic carboxylic acids is 1. The van der Waals surface area contributed by atoms with Crippen LogP contribution in [0.2, 0.25) is 0 Å². The van der Waals surface area contributed by atoms with Crippen molar-refractivity contribution in [3.63, 3.8) is 0 Å². The first-order chi connectivity index (χ1) is 17.4. The molecule has 6 nitrogen and oxygen atoms in total. The van der Waals surface area contributed by atoms with Gasteiger partial charge in [-0.05, 0) is 71.0 Å². The molecule has 0 aliphatic carbocycles. The predicted molar refractivity (Wildman–Crippen MR) is 147 cm³/mol. The minimum atomic E-state index is -0.963. The molecule has 1 aromatic heterocycles. The van der Waals surface area contributed by atoms with E-state index in [1.165, 1.54) is 11.8 Å². The number of hydrogen-bond acceptors (Lipinski definition) is 5. The van der Waals surface area contributed by atoms with Crippen LogP contribution in [0.5, 0.6) is 5.75 Å². The van der Waals surface area contributed by atoms with Gasteiger partial charge in [0.05, 0.1) is 17.6 Å². The summed E-state index contributed by atoms with van der Waals surface area (Å²) in [7, 11) is 1.64. The summed E-state index contributed by atoms with van der Waals surface area (Å²) in [4.78, 5) is 29.6. The van der Waals surface area contributed by atoms with Crippen molar-refractivity contribution in [2.24, 2.45) is 0 Å². The Bertz CT molecular complexity index is 1520. The van der Waals surface area contributed by atoms with Gasteiger partial charge in [0.15, 0.2) is 0 Å². The van der Waals surface area contributed by atoms with E-state index in [1.807, 2.05) is 36.5 Å². The van der Waals surface area contributed by atoms with Crippen molar-refractivity contribution in [2.75, 3.05) is 13.7 Å². The summed E-state index contributed by atoms with van der Waals surface area (Å²) in [5, 5.41) is 10.2. The van der Waals surface area contributed by atoms with Crippen molar-refractivity contribution in [1.29, 1.82) is 0 Å². The molecular weight excluding hydrogens is 492 g/mol. The van der Waals surface area contributed by atoms with Gasteiger partial charge in [-0.1, -0.05) is 54.3 Å². The highest BCUT2D eigenvalue weighted by Crippen LogP contribution is 2.36. The molecule has 2 N–H and O–H groups in total. The maximum atomic E-state index is 13.1. The van der Waals surface area contributed by atoms with Crippen LogP contribution < -0.4 is 4.74 Å². The fourth-order valence-electron chi connectivity index (χ4n) is 4.16. The van der Waals surface area contributed by atoms with Crippen LogP contribution in [0, 0.1) is 0 Å². The Balaban J connectivity index is 1.36. The summed E-state index contributed by atoms with van der Waals surface area (Å²) < 4.78 is 6.12. The zero-order valence-corrected chi connectivity index (χ0v) is 21.0. The Kier molecular flexibility index (Phi) is 6.63. The number of methoxy groups -OCH3 is 1. The number of rotatable bonds is 7. The number of ether oxygens (including phenoxy) is 1. The molecular formula is C28H22N2O4S2. The zero-order valence-electron chi connectivity index (χ0n) is 19.4. The molecule has 0 unspecified atom stereocenters. The first-order valence-electron chi connectivity index (χ1n) is 11.3. The van der Waals surface area contributed by atoms with E-state index in [-0.39, 0.29) is 11.5 Å². The third-order valence-corrected chi connectivity index (χ3v) is 7.46. The molecule has 1 fully saturated rings. The second-order valence-corrected chi connectivity index (χ2v) is 10.0. The number of nitrogens with one attached hydrogen (secondary N) is 1. The van der Waals surface area contributed by atoms with Crippen LogP contribution in [0.25, 0.3) is 28.1 Å². The average molecular weight is 515 g/mol. The van der Waals surface area contributed by atoms with Gasteiger partial charge in [-0.3, -0.25) is 9.69 Å².